The molecule has 0 saturated carbocycles. The molecule has 0 radical (unpaired) electrons. The van der Waals surface area contributed by atoms with Crippen molar-refractivity contribution < 1.29 is 4.79 Å². The summed E-state index contributed by atoms with van der Waals surface area (Å²) in [5.41, 5.74) is 1.75. The van der Waals surface area contributed by atoms with Crippen LogP contribution >= 0.6 is 0 Å². The number of hydrogen-bond donors (Lipinski definition) is 0. The molecule has 0 aliphatic rings. The minimum atomic E-state index is -0.860. The van der Waals surface area contributed by atoms with Gasteiger partial charge < -0.3 is 4.34 Å². The van der Waals surface area contributed by atoms with E-state index < -0.39 is 17.9 Å². The molecular weight excluding hydrogens is 244 g/mol. The Hall–Kier alpha value is -1.21. The molecule has 1 aromatic carbocycles. The zero-order chi connectivity index (χ0) is 12.8. The standard InChI is InChI=1S/C12H20N2OSi2/c1-16(2)14(17(3)4)13-9-11-5-7-12(10-15)8-6-11/h5-10,16-17H,1-4H3. The van der Waals surface area contributed by atoms with E-state index in [9.17, 15) is 4.79 Å². The summed E-state index contributed by atoms with van der Waals surface area (Å²) in [5.74, 6) is 0. The topological polar surface area (TPSA) is 32.7 Å². The molecule has 0 aliphatic heterocycles. The zero-order valence-electron chi connectivity index (χ0n) is 10.9. The van der Waals surface area contributed by atoms with Crippen LogP contribution in [0.25, 0.3) is 0 Å². The number of hydrazone groups is 1. The number of carbonyl (C=O) groups is 1. The highest BCUT2D eigenvalue weighted by atomic mass is 28.3. The SMILES string of the molecule is C[SiH](C)N(N=Cc1ccc(C=O)cc1)[SiH](C)C. The molecule has 0 spiro atoms. The molecule has 0 heterocycles. The summed E-state index contributed by atoms with van der Waals surface area (Å²) in [7, 11) is -1.72. The molecule has 0 fully saturated rings. The van der Waals surface area contributed by atoms with E-state index in [4.69, 9.17) is 0 Å². The third-order valence-corrected chi connectivity index (χ3v) is 8.43. The average molecular weight is 264 g/mol. The first-order valence-electron chi connectivity index (χ1n) is 5.92. The number of aldehydes is 1. The monoisotopic (exact) mass is 264 g/mol. The highest BCUT2D eigenvalue weighted by Gasteiger charge is 2.11. The summed E-state index contributed by atoms with van der Waals surface area (Å²) < 4.78 is 2.33. The normalized spacial score (nSPS) is 11.4. The van der Waals surface area contributed by atoms with Crippen molar-refractivity contribution in [3.05, 3.63) is 35.4 Å². The molecule has 0 amide bonds. The maximum atomic E-state index is 10.5. The van der Waals surface area contributed by atoms with Gasteiger partial charge in [0, 0.05) is 5.56 Å². The molecule has 5 heteroatoms. The highest BCUT2D eigenvalue weighted by Crippen LogP contribution is 2.03. The van der Waals surface area contributed by atoms with Gasteiger partial charge in [-0.15, -0.1) is 0 Å². The summed E-state index contributed by atoms with van der Waals surface area (Å²) in [6, 6.07) is 7.49. The first kappa shape index (κ1) is 13.9. The van der Waals surface area contributed by atoms with Gasteiger partial charge in [0.05, 0.1) is 6.21 Å². The fourth-order valence-corrected chi connectivity index (χ4v) is 7.09. The summed E-state index contributed by atoms with van der Waals surface area (Å²) in [4.78, 5) is 10.5. The lowest BCUT2D eigenvalue weighted by molar-refractivity contribution is 0.112. The van der Waals surface area contributed by atoms with Crippen molar-refractivity contribution in [3.8, 4) is 0 Å². The van der Waals surface area contributed by atoms with E-state index in [2.05, 4.69) is 35.6 Å². The molecule has 0 unspecified atom stereocenters. The van der Waals surface area contributed by atoms with Crippen LogP contribution in [0.15, 0.2) is 29.4 Å². The highest BCUT2D eigenvalue weighted by molar-refractivity contribution is 6.69. The Labute approximate surface area is 107 Å². The van der Waals surface area contributed by atoms with Crippen LogP contribution in [0.1, 0.15) is 15.9 Å². The Kier molecular flexibility index (Phi) is 5.31. The fraction of sp³-hybridized carbons (Fsp3) is 0.333. The summed E-state index contributed by atoms with van der Waals surface area (Å²) in [6.07, 6.45) is 2.75. The predicted molar refractivity (Wildman–Crippen MR) is 79.0 cm³/mol. The van der Waals surface area contributed by atoms with Crippen LogP contribution in [0.2, 0.25) is 26.2 Å². The minimum absolute atomic E-state index is 0.704. The van der Waals surface area contributed by atoms with Gasteiger partial charge in [0.15, 0.2) is 0 Å². The van der Waals surface area contributed by atoms with E-state index in [0.717, 1.165) is 11.8 Å². The lowest BCUT2D eigenvalue weighted by atomic mass is 10.2. The van der Waals surface area contributed by atoms with Gasteiger partial charge in [0.25, 0.3) is 0 Å². The first-order valence-corrected chi connectivity index (χ1v) is 11.6. The van der Waals surface area contributed by atoms with E-state index in [0.29, 0.717) is 5.56 Å². The molecule has 1 rings (SSSR count). The lowest BCUT2D eigenvalue weighted by Crippen LogP contribution is -2.38. The fourth-order valence-electron chi connectivity index (χ4n) is 1.66. The Morgan fingerprint density at radius 1 is 1.00 bits per heavy atom. The third kappa shape index (κ3) is 4.28. The first-order chi connectivity index (χ1) is 8.04. The number of nitrogens with zero attached hydrogens (tertiary/aromatic N) is 2. The van der Waals surface area contributed by atoms with Crippen LogP contribution in [-0.2, 0) is 0 Å². The van der Waals surface area contributed by atoms with Gasteiger partial charge in [0.2, 0.25) is 0 Å². The van der Waals surface area contributed by atoms with Crippen molar-refractivity contribution in [2.24, 2.45) is 5.10 Å². The number of rotatable bonds is 5. The molecule has 0 aromatic heterocycles. The van der Waals surface area contributed by atoms with E-state index in [1.807, 2.05) is 30.5 Å². The molecule has 3 nitrogen and oxygen atoms in total. The summed E-state index contributed by atoms with van der Waals surface area (Å²) >= 11 is 0. The van der Waals surface area contributed by atoms with E-state index in [-0.39, 0.29) is 0 Å². The maximum absolute atomic E-state index is 10.5. The van der Waals surface area contributed by atoms with E-state index in [1.54, 1.807) is 0 Å². The van der Waals surface area contributed by atoms with Crippen LogP contribution in [-0.4, -0.2) is 34.8 Å². The second-order valence-electron chi connectivity index (χ2n) is 4.60. The van der Waals surface area contributed by atoms with Crippen molar-refractivity contribution in [3.63, 3.8) is 0 Å². The van der Waals surface area contributed by atoms with Crippen molar-refractivity contribution in [1.82, 2.24) is 4.34 Å². The summed E-state index contributed by atoms with van der Waals surface area (Å²) in [6.45, 7) is 9.17. The minimum Gasteiger partial charge on any atom is -0.355 e. The molecule has 92 valence electrons. The van der Waals surface area contributed by atoms with Gasteiger partial charge in [0.1, 0.15) is 24.2 Å². The molecular formula is C12H20N2OSi2. The average Bonchev–Trinajstić information content (AvgIpc) is 2.29. The molecule has 17 heavy (non-hydrogen) atoms. The maximum Gasteiger partial charge on any atom is 0.150 e. The molecule has 0 aliphatic carbocycles. The van der Waals surface area contributed by atoms with Crippen molar-refractivity contribution in [1.29, 1.82) is 0 Å². The van der Waals surface area contributed by atoms with Crippen LogP contribution < -0.4 is 0 Å². The number of hydrogen-bond acceptors (Lipinski definition) is 3. The van der Waals surface area contributed by atoms with E-state index >= 15 is 0 Å². The molecule has 0 bridgehead atoms. The van der Waals surface area contributed by atoms with Gasteiger partial charge in [-0.1, -0.05) is 50.5 Å². The predicted octanol–water partition coefficient (Wildman–Crippen LogP) is 2.10. The Bertz CT molecular complexity index is 380. The molecule has 0 saturated heterocycles. The third-order valence-electron chi connectivity index (χ3n) is 2.47. The van der Waals surface area contributed by atoms with Crippen molar-refractivity contribution in [2.75, 3.05) is 0 Å². The smallest absolute Gasteiger partial charge is 0.150 e. The lowest BCUT2D eigenvalue weighted by Gasteiger charge is -2.26. The Morgan fingerprint density at radius 3 is 1.88 bits per heavy atom. The van der Waals surface area contributed by atoms with E-state index in [1.165, 1.54) is 0 Å². The molecule has 1 aromatic rings. The number of carbonyl (C=O) groups excluding carboxylic acids is 1. The van der Waals surface area contributed by atoms with Crippen molar-refractivity contribution in [2.45, 2.75) is 26.2 Å². The number of benzene rings is 1. The second-order valence-corrected chi connectivity index (χ2v) is 10.6. The Morgan fingerprint density at radius 2 is 1.47 bits per heavy atom. The zero-order valence-corrected chi connectivity index (χ0v) is 13.2. The molecule has 0 N–H and O–H groups in total. The Balaban J connectivity index is 2.77. The quantitative estimate of drug-likeness (QED) is 0.353. The summed E-state index contributed by atoms with van der Waals surface area (Å²) in [5, 5.41) is 4.59. The van der Waals surface area contributed by atoms with Gasteiger partial charge in [-0.05, 0) is 5.56 Å². The van der Waals surface area contributed by atoms with Gasteiger partial charge in [-0.3, -0.25) is 4.79 Å². The van der Waals surface area contributed by atoms with Crippen molar-refractivity contribution >= 4 is 30.4 Å². The van der Waals surface area contributed by atoms with Gasteiger partial charge in [-0.2, -0.15) is 0 Å². The molecule has 0 atom stereocenters. The second kappa shape index (κ2) is 6.51. The van der Waals surface area contributed by atoms with Crippen LogP contribution in [0, 0.1) is 0 Å². The van der Waals surface area contributed by atoms with Crippen LogP contribution in [0.5, 0.6) is 0 Å². The van der Waals surface area contributed by atoms with Crippen LogP contribution in [0.4, 0.5) is 0 Å². The van der Waals surface area contributed by atoms with Crippen LogP contribution in [0.3, 0.4) is 0 Å². The largest absolute Gasteiger partial charge is 0.355 e. The van der Waals surface area contributed by atoms with Gasteiger partial charge >= 0.3 is 0 Å². The van der Waals surface area contributed by atoms with Gasteiger partial charge in [-0.25, -0.2) is 5.10 Å².